The number of nitrogens with zero attached hydrogens (tertiary/aromatic N) is 3. The van der Waals surface area contributed by atoms with Gasteiger partial charge in [0.05, 0.1) is 5.69 Å². The molecule has 1 atom stereocenters. The Balaban J connectivity index is 2.13. The molecule has 7 heteroatoms. The van der Waals surface area contributed by atoms with Gasteiger partial charge in [-0.3, -0.25) is 4.79 Å². The van der Waals surface area contributed by atoms with Crippen molar-refractivity contribution in [3.63, 3.8) is 0 Å². The van der Waals surface area contributed by atoms with Gasteiger partial charge >= 0.3 is 5.97 Å². The molecule has 0 N–H and O–H groups in total. The minimum absolute atomic E-state index is 0.175. The van der Waals surface area contributed by atoms with Gasteiger partial charge in [-0.2, -0.15) is 0 Å². The van der Waals surface area contributed by atoms with E-state index in [1.54, 1.807) is 11.8 Å². The lowest BCUT2D eigenvalue weighted by molar-refractivity contribution is -0.159. The fourth-order valence-corrected chi connectivity index (χ4v) is 2.80. The van der Waals surface area contributed by atoms with E-state index in [0.717, 1.165) is 18.0 Å². The lowest BCUT2D eigenvalue weighted by Gasteiger charge is -2.27. The summed E-state index contributed by atoms with van der Waals surface area (Å²) in [5, 5.41) is 3.84. The molecule has 0 saturated carbocycles. The summed E-state index contributed by atoms with van der Waals surface area (Å²) in [5.41, 5.74) is 0.0610. The SMILES string of the molecule is Cc1nnsc1C(=O)N1CCC[C@@H]1C(=O)OC(C)(C)C. The molecule has 20 heavy (non-hydrogen) atoms. The van der Waals surface area contributed by atoms with Crippen LogP contribution in [0.5, 0.6) is 0 Å². The summed E-state index contributed by atoms with van der Waals surface area (Å²) in [6, 6.07) is -0.497. The maximum Gasteiger partial charge on any atom is 0.329 e. The Hall–Kier alpha value is -1.50. The number of hydrogen-bond acceptors (Lipinski definition) is 6. The third-order valence-electron chi connectivity index (χ3n) is 3.04. The maximum absolute atomic E-state index is 12.5. The topological polar surface area (TPSA) is 72.4 Å². The number of aromatic nitrogens is 2. The van der Waals surface area contributed by atoms with E-state index in [4.69, 9.17) is 4.74 Å². The minimum Gasteiger partial charge on any atom is -0.458 e. The summed E-state index contributed by atoms with van der Waals surface area (Å²) in [7, 11) is 0. The number of carbonyl (C=O) groups excluding carboxylic acids is 2. The second kappa shape index (κ2) is 5.47. The van der Waals surface area contributed by atoms with E-state index in [2.05, 4.69) is 9.59 Å². The van der Waals surface area contributed by atoms with E-state index in [0.29, 0.717) is 23.5 Å². The Morgan fingerprint density at radius 1 is 1.40 bits per heavy atom. The zero-order valence-electron chi connectivity index (χ0n) is 12.2. The molecule has 0 radical (unpaired) electrons. The first-order valence-corrected chi connectivity index (χ1v) is 7.40. The van der Waals surface area contributed by atoms with E-state index in [-0.39, 0.29) is 11.9 Å². The quantitative estimate of drug-likeness (QED) is 0.778. The molecule has 1 aromatic rings. The van der Waals surface area contributed by atoms with Gasteiger partial charge in [-0.1, -0.05) is 4.49 Å². The Bertz CT molecular complexity index is 521. The van der Waals surface area contributed by atoms with Crippen LogP contribution in [0.4, 0.5) is 0 Å². The summed E-state index contributed by atoms with van der Waals surface area (Å²) in [6.45, 7) is 7.78. The van der Waals surface area contributed by atoms with E-state index in [9.17, 15) is 9.59 Å². The number of esters is 1. The summed E-state index contributed by atoms with van der Waals surface area (Å²) in [6.07, 6.45) is 1.45. The smallest absolute Gasteiger partial charge is 0.329 e. The largest absolute Gasteiger partial charge is 0.458 e. The molecule has 1 aliphatic rings. The summed E-state index contributed by atoms with van der Waals surface area (Å²) >= 11 is 1.07. The predicted molar refractivity (Wildman–Crippen MR) is 74.5 cm³/mol. The Morgan fingerprint density at radius 3 is 2.65 bits per heavy atom. The maximum atomic E-state index is 12.5. The van der Waals surface area contributed by atoms with Crippen LogP contribution < -0.4 is 0 Å². The van der Waals surface area contributed by atoms with Gasteiger partial charge in [0, 0.05) is 6.54 Å². The fraction of sp³-hybridized carbons (Fsp3) is 0.692. The average Bonchev–Trinajstić information content (AvgIpc) is 2.93. The van der Waals surface area contributed by atoms with Crippen LogP contribution in [0, 0.1) is 6.92 Å². The molecule has 0 aromatic carbocycles. The molecule has 2 rings (SSSR count). The Kier molecular flexibility index (Phi) is 4.08. The number of amides is 1. The first-order chi connectivity index (χ1) is 9.29. The molecular weight excluding hydrogens is 278 g/mol. The van der Waals surface area contributed by atoms with E-state index >= 15 is 0 Å². The lowest BCUT2D eigenvalue weighted by Crippen LogP contribution is -2.43. The van der Waals surface area contributed by atoms with Crippen LogP contribution >= 0.6 is 11.5 Å². The lowest BCUT2D eigenvalue weighted by atomic mass is 10.1. The third kappa shape index (κ3) is 3.15. The van der Waals surface area contributed by atoms with Crippen LogP contribution in [0.1, 0.15) is 49.0 Å². The molecule has 2 heterocycles. The second-order valence-electron chi connectivity index (χ2n) is 5.88. The molecule has 0 bridgehead atoms. The van der Waals surface area contributed by atoms with Crippen molar-refractivity contribution in [2.24, 2.45) is 0 Å². The van der Waals surface area contributed by atoms with Crippen LogP contribution in [-0.2, 0) is 9.53 Å². The molecule has 1 saturated heterocycles. The van der Waals surface area contributed by atoms with Crippen molar-refractivity contribution in [3.8, 4) is 0 Å². The molecule has 1 aromatic heterocycles. The molecule has 0 unspecified atom stereocenters. The molecule has 1 fully saturated rings. The van der Waals surface area contributed by atoms with Gasteiger partial charge in [-0.25, -0.2) is 4.79 Å². The molecule has 0 spiro atoms. The van der Waals surface area contributed by atoms with Crippen molar-refractivity contribution in [2.45, 2.75) is 52.2 Å². The van der Waals surface area contributed by atoms with E-state index in [1.165, 1.54) is 0 Å². The van der Waals surface area contributed by atoms with E-state index in [1.807, 2.05) is 20.8 Å². The predicted octanol–water partition coefficient (Wildman–Crippen LogP) is 1.79. The van der Waals surface area contributed by atoms with Gasteiger partial charge in [0.2, 0.25) is 0 Å². The van der Waals surface area contributed by atoms with Gasteiger partial charge in [0.15, 0.2) is 0 Å². The minimum atomic E-state index is -0.545. The summed E-state index contributed by atoms with van der Waals surface area (Å²) < 4.78 is 9.16. The number of hydrogen-bond donors (Lipinski definition) is 0. The zero-order chi connectivity index (χ0) is 14.9. The zero-order valence-corrected chi connectivity index (χ0v) is 13.0. The van der Waals surface area contributed by atoms with Crippen LogP contribution in [0.2, 0.25) is 0 Å². The Morgan fingerprint density at radius 2 is 2.10 bits per heavy atom. The summed E-state index contributed by atoms with van der Waals surface area (Å²) in [5.74, 6) is -0.510. The van der Waals surface area contributed by atoms with Gasteiger partial charge in [-0.15, -0.1) is 5.10 Å². The van der Waals surface area contributed by atoms with E-state index < -0.39 is 11.6 Å². The van der Waals surface area contributed by atoms with Crippen molar-refractivity contribution in [1.29, 1.82) is 0 Å². The third-order valence-corrected chi connectivity index (χ3v) is 3.85. The molecule has 6 nitrogen and oxygen atoms in total. The number of likely N-dealkylation sites (tertiary alicyclic amines) is 1. The normalized spacial score (nSPS) is 19.2. The van der Waals surface area contributed by atoms with Gasteiger partial charge in [-0.05, 0) is 52.1 Å². The first-order valence-electron chi connectivity index (χ1n) is 6.62. The fourth-order valence-electron chi connectivity index (χ4n) is 2.18. The van der Waals surface area contributed by atoms with Crippen molar-refractivity contribution in [3.05, 3.63) is 10.6 Å². The van der Waals surface area contributed by atoms with Crippen molar-refractivity contribution < 1.29 is 14.3 Å². The first kappa shape index (κ1) is 14.9. The molecule has 1 aliphatic heterocycles. The standard InChI is InChI=1S/C13H19N3O3S/c1-8-10(20-15-14-8)11(17)16-7-5-6-9(16)12(18)19-13(2,3)4/h9H,5-7H2,1-4H3/t9-/m1/s1. The summed E-state index contributed by atoms with van der Waals surface area (Å²) in [4.78, 5) is 26.7. The highest BCUT2D eigenvalue weighted by Crippen LogP contribution is 2.24. The highest BCUT2D eigenvalue weighted by molar-refractivity contribution is 7.07. The number of carbonyl (C=O) groups is 2. The Labute approximate surface area is 122 Å². The van der Waals surface area contributed by atoms with Crippen molar-refractivity contribution >= 4 is 23.4 Å². The van der Waals surface area contributed by atoms with Crippen molar-refractivity contribution in [1.82, 2.24) is 14.5 Å². The van der Waals surface area contributed by atoms with Crippen LogP contribution in [-0.4, -0.2) is 44.6 Å². The monoisotopic (exact) mass is 297 g/mol. The molecule has 1 amide bonds. The molecular formula is C13H19N3O3S. The van der Waals surface area contributed by atoms with Crippen LogP contribution in [0.15, 0.2) is 0 Å². The van der Waals surface area contributed by atoms with Crippen LogP contribution in [0.3, 0.4) is 0 Å². The second-order valence-corrected chi connectivity index (χ2v) is 6.63. The van der Waals surface area contributed by atoms with Crippen molar-refractivity contribution in [2.75, 3.05) is 6.54 Å². The molecule has 0 aliphatic carbocycles. The van der Waals surface area contributed by atoms with Gasteiger partial charge < -0.3 is 9.64 Å². The number of rotatable bonds is 2. The van der Waals surface area contributed by atoms with Gasteiger partial charge in [0.25, 0.3) is 5.91 Å². The average molecular weight is 297 g/mol. The number of ether oxygens (including phenoxy) is 1. The highest BCUT2D eigenvalue weighted by atomic mass is 32.1. The number of aryl methyl sites for hydroxylation is 1. The highest BCUT2D eigenvalue weighted by Gasteiger charge is 2.38. The van der Waals surface area contributed by atoms with Gasteiger partial charge in [0.1, 0.15) is 16.5 Å². The molecule has 110 valence electrons. The van der Waals surface area contributed by atoms with Crippen LogP contribution in [0.25, 0.3) is 0 Å².